The van der Waals surface area contributed by atoms with Gasteiger partial charge in [-0.1, -0.05) is 127 Å². The lowest BCUT2D eigenvalue weighted by Crippen LogP contribution is -2.43. The Morgan fingerprint density at radius 1 is 0.545 bits per heavy atom. The molecule has 0 radical (unpaired) electrons. The Morgan fingerprint density at radius 3 is 1.31 bits per heavy atom. The van der Waals surface area contributed by atoms with Crippen LogP contribution in [0, 0.1) is 0 Å². The summed E-state index contributed by atoms with van der Waals surface area (Å²) in [4.78, 5) is 41.2. The third kappa shape index (κ3) is 31.1. The van der Waals surface area contributed by atoms with Crippen LogP contribution >= 0.6 is 0 Å². The molecule has 1 aliphatic heterocycles. The number of esters is 2. The highest BCUT2D eigenvalue weighted by molar-refractivity contribution is 5.78. The molecule has 0 aromatic heterocycles. The molecule has 0 spiro atoms. The van der Waals surface area contributed by atoms with Crippen LogP contribution < -0.4 is 0 Å². The number of aliphatic hydroxyl groups excluding tert-OH is 2. The fraction of sp³-hybridized carbons (Fsp3) is 0.761. The number of hydrogen-bond donors (Lipinski definition) is 2. The lowest BCUT2D eigenvalue weighted by Gasteiger charge is -2.25. The first kappa shape index (κ1) is 50.3. The topological polar surface area (TPSA) is 117 Å². The molecule has 0 aromatic carbocycles. The van der Waals surface area contributed by atoms with Crippen LogP contribution in [0.25, 0.3) is 0 Å². The van der Waals surface area contributed by atoms with Gasteiger partial charge in [-0.15, -0.1) is 0 Å². The van der Waals surface area contributed by atoms with Crippen molar-refractivity contribution in [1.29, 1.82) is 0 Å². The molecule has 1 rings (SSSR count). The molecule has 0 aromatic rings. The van der Waals surface area contributed by atoms with Crippen molar-refractivity contribution < 1.29 is 34.1 Å². The first-order valence-electron chi connectivity index (χ1n) is 22.1. The summed E-state index contributed by atoms with van der Waals surface area (Å²) in [5.74, 6) is -0.767. The van der Waals surface area contributed by atoms with Gasteiger partial charge < -0.3 is 24.6 Å². The average molecular weight is 773 g/mol. The van der Waals surface area contributed by atoms with Gasteiger partial charge in [0.25, 0.3) is 0 Å². The van der Waals surface area contributed by atoms with Gasteiger partial charge in [0.1, 0.15) is 13.2 Å². The van der Waals surface area contributed by atoms with Crippen molar-refractivity contribution in [3.63, 3.8) is 0 Å². The van der Waals surface area contributed by atoms with Crippen LogP contribution in [0.5, 0.6) is 0 Å². The quantitative estimate of drug-likeness (QED) is 0.0368. The molecule has 9 heteroatoms. The summed E-state index contributed by atoms with van der Waals surface area (Å²) >= 11 is 0. The molecule has 9 nitrogen and oxygen atoms in total. The molecule has 0 saturated carbocycles. The summed E-state index contributed by atoms with van der Waals surface area (Å²) in [6.07, 6.45) is 41.7. The zero-order chi connectivity index (χ0) is 40.0. The monoisotopic (exact) mass is 773 g/mol. The van der Waals surface area contributed by atoms with Crippen LogP contribution in [0.4, 0.5) is 0 Å². The second kappa shape index (κ2) is 36.9. The molecule has 55 heavy (non-hydrogen) atoms. The fourth-order valence-electron chi connectivity index (χ4n) is 6.47. The van der Waals surface area contributed by atoms with Crippen LogP contribution in [0.3, 0.4) is 0 Å². The van der Waals surface area contributed by atoms with Crippen LogP contribution in [0.1, 0.15) is 168 Å². The Hall–Kier alpha value is -2.75. The highest BCUT2D eigenvalue weighted by atomic mass is 16.5. The largest absolute Gasteiger partial charge is 0.464 e. The summed E-state index contributed by atoms with van der Waals surface area (Å²) in [5.41, 5.74) is 0. The van der Waals surface area contributed by atoms with Gasteiger partial charge in [-0.2, -0.15) is 0 Å². The van der Waals surface area contributed by atoms with Gasteiger partial charge in [0.05, 0.1) is 31.8 Å². The Morgan fingerprint density at radius 2 is 0.909 bits per heavy atom. The molecule has 1 heterocycles. The van der Waals surface area contributed by atoms with Crippen LogP contribution in [-0.2, 0) is 23.9 Å². The van der Waals surface area contributed by atoms with Crippen LogP contribution in [-0.4, -0.2) is 96.0 Å². The molecule has 1 fully saturated rings. The van der Waals surface area contributed by atoms with E-state index in [0.29, 0.717) is 12.8 Å². The van der Waals surface area contributed by atoms with E-state index < -0.39 is 12.2 Å². The lowest BCUT2D eigenvalue weighted by molar-refractivity contribution is -0.148. The van der Waals surface area contributed by atoms with E-state index in [1.165, 1.54) is 56.3 Å². The number of carbonyl (C=O) groups excluding carboxylic acids is 3. The minimum absolute atomic E-state index is 0.0218. The molecule has 0 bridgehead atoms. The van der Waals surface area contributed by atoms with E-state index in [9.17, 15) is 24.6 Å². The van der Waals surface area contributed by atoms with E-state index in [-0.39, 0.29) is 63.8 Å². The number of carbonyl (C=O) groups is 3. The molecular formula is C46H80N2O7. The van der Waals surface area contributed by atoms with Crippen molar-refractivity contribution in [2.75, 3.05) is 45.9 Å². The van der Waals surface area contributed by atoms with E-state index in [1.807, 2.05) is 0 Å². The van der Waals surface area contributed by atoms with E-state index in [4.69, 9.17) is 9.47 Å². The highest BCUT2D eigenvalue weighted by Gasteiger charge is 2.31. The van der Waals surface area contributed by atoms with Crippen LogP contribution in [0.15, 0.2) is 48.6 Å². The number of hydrogen-bond acceptors (Lipinski definition) is 8. The van der Waals surface area contributed by atoms with Gasteiger partial charge in [0, 0.05) is 25.9 Å². The number of likely N-dealkylation sites (tertiary alicyclic amines) is 1. The number of allylic oxidation sites excluding steroid dienone is 8. The number of unbranched alkanes of at least 4 members (excludes halogenated alkanes) is 16. The minimum Gasteiger partial charge on any atom is -0.464 e. The number of amides is 1. The van der Waals surface area contributed by atoms with E-state index in [1.54, 1.807) is 4.90 Å². The smallest absolute Gasteiger partial charge is 0.305 e. The maximum absolute atomic E-state index is 13.1. The third-order valence-corrected chi connectivity index (χ3v) is 9.96. The second-order valence-corrected chi connectivity index (χ2v) is 15.1. The SMILES string of the molecule is CCCCC/C=C\C/C=C\CCCCCCCC(=O)OCCN(CCOC(=O)CCCCCCC/C=C\C/C=C\CCCCC)C(=O)CN1C[C@@H](O)[C@H](O)C1. The molecule has 316 valence electrons. The molecule has 1 amide bonds. The molecule has 0 aliphatic carbocycles. The second-order valence-electron chi connectivity index (χ2n) is 15.1. The number of β-amino-alcohol motifs (C(OH)–C–C–N with tert-alkyl or cyclic N) is 2. The van der Waals surface area contributed by atoms with Crippen molar-refractivity contribution in [1.82, 2.24) is 9.80 Å². The maximum atomic E-state index is 13.1. The predicted octanol–water partition coefficient (Wildman–Crippen LogP) is 9.57. The van der Waals surface area contributed by atoms with Crippen molar-refractivity contribution in [2.24, 2.45) is 0 Å². The lowest BCUT2D eigenvalue weighted by atomic mass is 10.1. The van der Waals surface area contributed by atoms with Gasteiger partial charge in [-0.25, -0.2) is 0 Å². The number of ether oxygens (including phenoxy) is 2. The van der Waals surface area contributed by atoms with E-state index in [2.05, 4.69) is 62.5 Å². The normalized spacial score (nSPS) is 16.4. The van der Waals surface area contributed by atoms with E-state index in [0.717, 1.165) is 89.9 Å². The summed E-state index contributed by atoms with van der Waals surface area (Å²) in [6.45, 7) is 5.42. The highest BCUT2D eigenvalue weighted by Crippen LogP contribution is 2.12. The molecule has 2 atom stereocenters. The van der Waals surface area contributed by atoms with Gasteiger partial charge in [-0.3, -0.25) is 19.3 Å². The van der Waals surface area contributed by atoms with Crippen molar-refractivity contribution in [2.45, 2.75) is 180 Å². The number of nitrogens with zero attached hydrogens (tertiary/aromatic N) is 2. The minimum atomic E-state index is -0.883. The van der Waals surface area contributed by atoms with Crippen LogP contribution in [0.2, 0.25) is 0 Å². The van der Waals surface area contributed by atoms with Crippen molar-refractivity contribution in [3.05, 3.63) is 48.6 Å². The average Bonchev–Trinajstić information content (AvgIpc) is 3.49. The zero-order valence-electron chi connectivity index (χ0n) is 35.0. The Bertz CT molecular complexity index is 998. The summed E-state index contributed by atoms with van der Waals surface area (Å²) in [5, 5.41) is 19.8. The molecular weight excluding hydrogens is 693 g/mol. The third-order valence-electron chi connectivity index (χ3n) is 9.96. The molecule has 0 unspecified atom stereocenters. The van der Waals surface area contributed by atoms with Crippen molar-refractivity contribution in [3.8, 4) is 0 Å². The molecule has 2 N–H and O–H groups in total. The number of rotatable bonds is 36. The summed E-state index contributed by atoms with van der Waals surface area (Å²) < 4.78 is 10.9. The zero-order valence-corrected chi connectivity index (χ0v) is 35.0. The first-order valence-corrected chi connectivity index (χ1v) is 22.1. The predicted molar refractivity (Wildman–Crippen MR) is 226 cm³/mol. The fourth-order valence-corrected chi connectivity index (χ4v) is 6.47. The van der Waals surface area contributed by atoms with Gasteiger partial charge >= 0.3 is 11.9 Å². The Balaban J connectivity index is 2.23. The van der Waals surface area contributed by atoms with Gasteiger partial charge in [0.2, 0.25) is 5.91 Å². The Labute approximate surface area is 335 Å². The summed E-state index contributed by atoms with van der Waals surface area (Å²) in [6, 6.07) is 0. The molecule has 1 aliphatic rings. The van der Waals surface area contributed by atoms with Gasteiger partial charge in [0.15, 0.2) is 0 Å². The van der Waals surface area contributed by atoms with Crippen molar-refractivity contribution >= 4 is 17.8 Å². The number of aliphatic hydroxyl groups is 2. The maximum Gasteiger partial charge on any atom is 0.305 e. The first-order chi connectivity index (χ1) is 26.9. The van der Waals surface area contributed by atoms with E-state index >= 15 is 0 Å². The summed E-state index contributed by atoms with van der Waals surface area (Å²) in [7, 11) is 0. The molecule has 1 saturated heterocycles. The standard InChI is InChI=1S/C46H80N2O7/c1-3-5-7-9-11-13-15-17-19-21-23-25-27-29-31-33-45(52)54-37-35-48(44(51)41-47-39-42(49)43(50)40-47)36-38-55-46(53)34-32-30-28-26-24-22-20-18-16-14-12-10-8-6-4-2/h11-14,17-20,42-43,49-50H,3-10,15-16,21-41H2,1-2H3/b13-11-,14-12-,19-17-,20-18-/t42-,43-/m1/s1. The Kier molecular flexibility index (Phi) is 33.7. The van der Waals surface area contributed by atoms with Gasteiger partial charge in [-0.05, 0) is 77.0 Å².